The van der Waals surface area contributed by atoms with Crippen LogP contribution < -0.4 is 4.90 Å². The highest BCUT2D eigenvalue weighted by Crippen LogP contribution is 2.41. The first-order valence-electron chi connectivity index (χ1n) is 7.18. The first kappa shape index (κ1) is 12.5. The lowest BCUT2D eigenvalue weighted by Crippen LogP contribution is -2.22. The first-order valence-corrected chi connectivity index (χ1v) is 7.18. The van der Waals surface area contributed by atoms with E-state index < -0.39 is 0 Å². The lowest BCUT2D eigenvalue weighted by Gasteiger charge is -2.19. The van der Waals surface area contributed by atoms with E-state index in [1.807, 2.05) is 12.1 Å². The summed E-state index contributed by atoms with van der Waals surface area (Å²) < 4.78 is 13.3. The molecule has 3 rings (SSSR count). The first-order chi connectivity index (χ1) is 9.20. The summed E-state index contributed by atoms with van der Waals surface area (Å²) in [7, 11) is 0. The molecule has 2 heteroatoms. The van der Waals surface area contributed by atoms with Crippen molar-refractivity contribution in [1.82, 2.24) is 0 Å². The average Bonchev–Trinajstić information content (AvgIpc) is 2.73. The van der Waals surface area contributed by atoms with E-state index in [1.54, 1.807) is 12.1 Å². The Morgan fingerprint density at radius 3 is 2.89 bits per heavy atom. The van der Waals surface area contributed by atoms with Gasteiger partial charge in [-0.3, -0.25) is 0 Å². The summed E-state index contributed by atoms with van der Waals surface area (Å²) in [5.74, 6) is 0.377. The summed E-state index contributed by atoms with van der Waals surface area (Å²) in [5, 5.41) is 2.23. The van der Waals surface area contributed by atoms with Crippen LogP contribution >= 0.6 is 0 Å². The van der Waals surface area contributed by atoms with Crippen LogP contribution in [0, 0.1) is 5.82 Å². The van der Waals surface area contributed by atoms with E-state index in [-0.39, 0.29) is 5.82 Å². The minimum absolute atomic E-state index is 0.152. The summed E-state index contributed by atoms with van der Waals surface area (Å²) >= 11 is 0. The molecule has 2 aromatic rings. The van der Waals surface area contributed by atoms with Gasteiger partial charge in [0.1, 0.15) is 5.82 Å². The van der Waals surface area contributed by atoms with Crippen LogP contribution in [-0.4, -0.2) is 13.1 Å². The molecule has 1 nitrogen and oxygen atoms in total. The highest BCUT2D eigenvalue weighted by Gasteiger charge is 2.26. The Hall–Kier alpha value is -1.57. The van der Waals surface area contributed by atoms with E-state index in [1.165, 1.54) is 29.5 Å². The molecule has 1 atom stereocenters. The van der Waals surface area contributed by atoms with Crippen molar-refractivity contribution in [3.8, 4) is 0 Å². The molecule has 1 aliphatic heterocycles. The molecule has 0 aliphatic carbocycles. The van der Waals surface area contributed by atoms with Gasteiger partial charge in [-0.25, -0.2) is 4.39 Å². The van der Waals surface area contributed by atoms with Crippen molar-refractivity contribution in [1.29, 1.82) is 0 Å². The highest BCUT2D eigenvalue weighted by atomic mass is 19.1. The van der Waals surface area contributed by atoms with Gasteiger partial charge in [0.15, 0.2) is 0 Å². The third kappa shape index (κ3) is 2.09. The monoisotopic (exact) mass is 257 g/mol. The van der Waals surface area contributed by atoms with Crippen LogP contribution in [0.4, 0.5) is 10.1 Å². The second-order valence-corrected chi connectivity index (χ2v) is 5.56. The lowest BCUT2D eigenvalue weighted by molar-refractivity contribution is 0.629. The molecule has 0 fully saturated rings. The minimum atomic E-state index is -0.152. The van der Waals surface area contributed by atoms with Crippen molar-refractivity contribution in [2.45, 2.75) is 32.6 Å². The number of anilines is 1. The van der Waals surface area contributed by atoms with Crippen molar-refractivity contribution in [2.24, 2.45) is 0 Å². The van der Waals surface area contributed by atoms with Gasteiger partial charge in [0.05, 0.1) is 0 Å². The molecule has 0 N–H and O–H groups in total. The van der Waals surface area contributed by atoms with Crippen molar-refractivity contribution >= 4 is 16.5 Å². The zero-order valence-corrected chi connectivity index (χ0v) is 11.6. The zero-order valence-electron chi connectivity index (χ0n) is 11.6. The van der Waals surface area contributed by atoms with Gasteiger partial charge in [-0.15, -0.1) is 0 Å². The topological polar surface area (TPSA) is 3.24 Å². The largest absolute Gasteiger partial charge is 0.371 e. The van der Waals surface area contributed by atoms with Crippen molar-refractivity contribution in [3.05, 3.63) is 41.7 Å². The van der Waals surface area contributed by atoms with E-state index in [0.717, 1.165) is 18.5 Å². The fourth-order valence-electron chi connectivity index (χ4n) is 3.19. The van der Waals surface area contributed by atoms with Gasteiger partial charge in [-0.05, 0) is 41.0 Å². The van der Waals surface area contributed by atoms with Gasteiger partial charge in [0.25, 0.3) is 0 Å². The Kier molecular flexibility index (Phi) is 3.17. The summed E-state index contributed by atoms with van der Waals surface area (Å²) in [6.45, 7) is 6.71. The Bertz CT molecular complexity index is 605. The third-order valence-corrected chi connectivity index (χ3v) is 4.11. The summed E-state index contributed by atoms with van der Waals surface area (Å²) in [6.07, 6.45) is 2.45. The molecule has 1 aliphatic rings. The van der Waals surface area contributed by atoms with E-state index in [0.29, 0.717) is 5.92 Å². The third-order valence-electron chi connectivity index (χ3n) is 4.11. The van der Waals surface area contributed by atoms with Gasteiger partial charge >= 0.3 is 0 Å². The minimum Gasteiger partial charge on any atom is -0.371 e. The van der Waals surface area contributed by atoms with E-state index in [2.05, 4.69) is 24.8 Å². The SMILES string of the molecule is CCCCN1CC(C)c2c1ccc1cc(F)ccc21. The summed E-state index contributed by atoms with van der Waals surface area (Å²) in [6, 6.07) is 9.36. The van der Waals surface area contributed by atoms with E-state index in [9.17, 15) is 4.39 Å². The standard InChI is InChI=1S/C17H20FN/c1-3-4-9-19-11-12(2)17-15-7-6-14(18)10-13(15)5-8-16(17)19/h5-8,10,12H,3-4,9,11H2,1-2H3. The molecule has 0 spiro atoms. The maximum absolute atomic E-state index is 13.3. The quantitative estimate of drug-likeness (QED) is 0.770. The van der Waals surface area contributed by atoms with E-state index in [4.69, 9.17) is 0 Å². The zero-order chi connectivity index (χ0) is 13.4. The number of fused-ring (bicyclic) bond motifs is 3. The number of rotatable bonds is 3. The van der Waals surface area contributed by atoms with Crippen molar-refractivity contribution in [3.63, 3.8) is 0 Å². The Balaban J connectivity index is 2.09. The van der Waals surface area contributed by atoms with Gasteiger partial charge in [-0.1, -0.05) is 32.4 Å². The van der Waals surface area contributed by atoms with Gasteiger partial charge in [0, 0.05) is 24.7 Å². The fraction of sp³-hybridized carbons (Fsp3) is 0.412. The molecular weight excluding hydrogens is 237 g/mol. The molecule has 1 unspecified atom stereocenters. The fourth-order valence-corrected chi connectivity index (χ4v) is 3.19. The molecule has 100 valence electrons. The van der Waals surface area contributed by atoms with Crippen LogP contribution in [-0.2, 0) is 0 Å². The van der Waals surface area contributed by atoms with Gasteiger partial charge in [0.2, 0.25) is 0 Å². The van der Waals surface area contributed by atoms with Crippen molar-refractivity contribution < 1.29 is 4.39 Å². The molecule has 2 aromatic carbocycles. The number of nitrogens with zero attached hydrogens (tertiary/aromatic N) is 1. The van der Waals surface area contributed by atoms with Crippen molar-refractivity contribution in [2.75, 3.05) is 18.0 Å². The molecule has 0 bridgehead atoms. The van der Waals surface area contributed by atoms with Gasteiger partial charge in [-0.2, -0.15) is 0 Å². The molecule has 0 radical (unpaired) electrons. The van der Waals surface area contributed by atoms with Gasteiger partial charge < -0.3 is 4.90 Å². The smallest absolute Gasteiger partial charge is 0.123 e. The molecule has 0 amide bonds. The van der Waals surface area contributed by atoms with Crippen LogP contribution in [0.25, 0.3) is 10.8 Å². The molecule has 0 saturated carbocycles. The molecule has 0 saturated heterocycles. The maximum Gasteiger partial charge on any atom is 0.123 e. The number of hydrogen-bond acceptors (Lipinski definition) is 1. The maximum atomic E-state index is 13.3. The number of hydrogen-bond donors (Lipinski definition) is 0. The normalized spacial score (nSPS) is 18.1. The predicted molar refractivity (Wildman–Crippen MR) is 79.4 cm³/mol. The number of halogens is 1. The van der Waals surface area contributed by atoms with Crippen LogP contribution in [0.2, 0.25) is 0 Å². The molecule has 1 heterocycles. The number of unbranched alkanes of at least 4 members (excludes halogenated alkanes) is 1. The van der Waals surface area contributed by atoms with Crippen LogP contribution in [0.3, 0.4) is 0 Å². The molecule has 19 heavy (non-hydrogen) atoms. The van der Waals surface area contributed by atoms with Crippen LogP contribution in [0.1, 0.15) is 38.2 Å². The summed E-state index contributed by atoms with van der Waals surface area (Å²) in [4.78, 5) is 2.48. The molecular formula is C17H20FN. The predicted octanol–water partition coefficient (Wildman–Crippen LogP) is 4.70. The number of benzene rings is 2. The Morgan fingerprint density at radius 2 is 2.11 bits per heavy atom. The Labute approximate surface area is 114 Å². The lowest BCUT2D eigenvalue weighted by atomic mass is 9.96. The van der Waals surface area contributed by atoms with Crippen LogP contribution in [0.5, 0.6) is 0 Å². The van der Waals surface area contributed by atoms with Crippen LogP contribution in [0.15, 0.2) is 30.3 Å². The molecule has 0 aromatic heterocycles. The Morgan fingerprint density at radius 1 is 1.26 bits per heavy atom. The summed E-state index contributed by atoms with van der Waals surface area (Å²) in [5.41, 5.74) is 2.74. The average molecular weight is 257 g/mol. The second kappa shape index (κ2) is 4.84. The van der Waals surface area contributed by atoms with E-state index >= 15 is 0 Å². The highest BCUT2D eigenvalue weighted by molar-refractivity contribution is 5.92. The second-order valence-electron chi connectivity index (χ2n) is 5.56.